The summed E-state index contributed by atoms with van der Waals surface area (Å²) in [7, 11) is 0. The molecule has 1 aromatic carbocycles. The normalized spacial score (nSPS) is 17.0. The van der Waals surface area contributed by atoms with Gasteiger partial charge in [0.15, 0.2) is 17.3 Å². The lowest BCUT2D eigenvalue weighted by molar-refractivity contribution is -0.119. The van der Waals surface area contributed by atoms with Gasteiger partial charge in [-0.3, -0.25) is 9.69 Å². The van der Waals surface area contributed by atoms with Crippen molar-refractivity contribution in [1.29, 1.82) is 0 Å². The number of rotatable bonds is 6. The highest BCUT2D eigenvalue weighted by atomic mass is 35.5. The molecule has 0 radical (unpaired) electrons. The summed E-state index contributed by atoms with van der Waals surface area (Å²) < 4.78 is 13.1. The highest BCUT2D eigenvalue weighted by Gasteiger charge is 2.26. The average Bonchev–Trinajstić information content (AvgIpc) is 3.24. The van der Waals surface area contributed by atoms with Crippen LogP contribution in [0.1, 0.15) is 50.4 Å². The second-order valence-electron chi connectivity index (χ2n) is 8.33. The van der Waals surface area contributed by atoms with E-state index in [4.69, 9.17) is 21.1 Å². The molecule has 0 aliphatic carbocycles. The molecule has 1 amide bonds. The fourth-order valence-electron chi connectivity index (χ4n) is 4.07. The molecule has 0 unspecified atom stereocenters. The van der Waals surface area contributed by atoms with Gasteiger partial charge in [0, 0.05) is 50.6 Å². The van der Waals surface area contributed by atoms with E-state index in [2.05, 4.69) is 38.8 Å². The van der Waals surface area contributed by atoms with Gasteiger partial charge >= 0.3 is 0 Å². The highest BCUT2D eigenvalue weighted by molar-refractivity contribution is 6.31. The number of hydrogen-bond donors (Lipinski definition) is 1. The molecule has 0 saturated carbocycles. The molecule has 0 fully saturated rings. The molecule has 30 heavy (non-hydrogen) atoms. The first-order valence-corrected chi connectivity index (χ1v) is 10.8. The van der Waals surface area contributed by atoms with Crippen LogP contribution in [0.15, 0.2) is 12.1 Å². The van der Waals surface area contributed by atoms with Gasteiger partial charge < -0.3 is 19.4 Å². The Bertz CT molecular complexity index is 930. The summed E-state index contributed by atoms with van der Waals surface area (Å²) in [6, 6.07) is 3.67. The molecule has 1 N–H and O–H groups in total. The Balaban J connectivity index is 1.48. The number of hydrogen-bond acceptors (Lipinski definition) is 6. The molecular formula is C21H28ClN5O3. The van der Waals surface area contributed by atoms with Crippen LogP contribution in [-0.2, 0) is 24.3 Å². The molecule has 8 nitrogen and oxygen atoms in total. The third-order valence-electron chi connectivity index (χ3n) is 5.48. The van der Waals surface area contributed by atoms with Crippen molar-refractivity contribution in [3.63, 3.8) is 0 Å². The lowest BCUT2D eigenvalue weighted by atomic mass is 10.0. The van der Waals surface area contributed by atoms with Crippen LogP contribution in [0.5, 0.6) is 11.5 Å². The number of halogens is 1. The molecule has 4 rings (SSSR count). The molecule has 0 bridgehead atoms. The molecule has 1 aromatic heterocycles. The summed E-state index contributed by atoms with van der Waals surface area (Å²) in [5, 5.41) is 12.6. The van der Waals surface area contributed by atoms with Gasteiger partial charge in [-0.25, -0.2) is 0 Å². The maximum atomic E-state index is 11.7. The molecule has 1 atom stereocenters. The van der Waals surface area contributed by atoms with Crippen molar-refractivity contribution < 1.29 is 14.3 Å². The van der Waals surface area contributed by atoms with E-state index in [1.54, 1.807) is 6.92 Å². The zero-order valence-corrected chi connectivity index (χ0v) is 18.4. The summed E-state index contributed by atoms with van der Waals surface area (Å²) in [5.41, 5.74) is 1.02. The van der Waals surface area contributed by atoms with Crippen molar-refractivity contribution in [3.05, 3.63) is 34.4 Å². The van der Waals surface area contributed by atoms with E-state index in [1.807, 2.05) is 12.1 Å². The maximum Gasteiger partial charge on any atom is 0.231 e. The number of nitrogens with zero attached hydrogens (tertiary/aromatic N) is 4. The molecule has 0 spiro atoms. The van der Waals surface area contributed by atoms with Crippen LogP contribution in [0, 0.1) is 5.92 Å². The Morgan fingerprint density at radius 3 is 2.70 bits per heavy atom. The minimum Gasteiger partial charge on any atom is -0.454 e. The highest BCUT2D eigenvalue weighted by Crippen LogP contribution is 2.37. The van der Waals surface area contributed by atoms with Crippen LogP contribution in [0.2, 0.25) is 5.02 Å². The van der Waals surface area contributed by atoms with Gasteiger partial charge in [0.1, 0.15) is 5.82 Å². The van der Waals surface area contributed by atoms with E-state index in [0.717, 1.165) is 62.0 Å². The fourth-order valence-corrected chi connectivity index (χ4v) is 4.29. The van der Waals surface area contributed by atoms with Crippen LogP contribution in [0.3, 0.4) is 0 Å². The lowest BCUT2D eigenvalue weighted by Crippen LogP contribution is -2.31. The third-order valence-corrected chi connectivity index (χ3v) is 5.83. The maximum absolute atomic E-state index is 11.7. The number of ether oxygens (including phenoxy) is 2. The first kappa shape index (κ1) is 20.9. The van der Waals surface area contributed by atoms with E-state index in [1.165, 1.54) is 0 Å². The Labute approximate surface area is 181 Å². The number of nitrogens with one attached hydrogen (secondary N) is 1. The van der Waals surface area contributed by atoms with Crippen LogP contribution >= 0.6 is 11.6 Å². The van der Waals surface area contributed by atoms with Gasteiger partial charge in [-0.15, -0.1) is 10.2 Å². The second-order valence-corrected chi connectivity index (χ2v) is 8.74. The minimum absolute atomic E-state index is 0.0503. The van der Waals surface area contributed by atoms with Crippen LogP contribution in [-0.4, -0.2) is 45.5 Å². The Hall–Kier alpha value is -2.32. The van der Waals surface area contributed by atoms with Crippen molar-refractivity contribution in [2.24, 2.45) is 5.92 Å². The molecule has 3 heterocycles. The lowest BCUT2D eigenvalue weighted by Gasteiger charge is -2.22. The van der Waals surface area contributed by atoms with E-state index < -0.39 is 0 Å². The van der Waals surface area contributed by atoms with E-state index in [-0.39, 0.29) is 18.7 Å². The Morgan fingerprint density at radius 1 is 1.20 bits per heavy atom. The summed E-state index contributed by atoms with van der Waals surface area (Å²) in [6.45, 7) is 9.27. The monoisotopic (exact) mass is 433 g/mol. The molecule has 9 heteroatoms. The van der Waals surface area contributed by atoms with Crippen LogP contribution in [0.4, 0.5) is 0 Å². The van der Waals surface area contributed by atoms with Crippen molar-refractivity contribution in [2.45, 2.75) is 52.7 Å². The molecule has 0 saturated heterocycles. The van der Waals surface area contributed by atoms with Gasteiger partial charge in [0.05, 0.1) is 6.04 Å². The average molecular weight is 434 g/mol. The molecular weight excluding hydrogens is 406 g/mol. The molecule has 2 aliphatic heterocycles. The first-order valence-electron chi connectivity index (χ1n) is 10.4. The van der Waals surface area contributed by atoms with Gasteiger partial charge in [-0.05, 0) is 24.0 Å². The predicted octanol–water partition coefficient (Wildman–Crippen LogP) is 2.94. The fraction of sp³-hybridized carbons (Fsp3) is 0.571. The van der Waals surface area contributed by atoms with Gasteiger partial charge in [0.25, 0.3) is 0 Å². The van der Waals surface area contributed by atoms with E-state index in [9.17, 15) is 4.79 Å². The minimum atomic E-state index is -0.126. The zero-order valence-electron chi connectivity index (χ0n) is 17.7. The van der Waals surface area contributed by atoms with Crippen LogP contribution < -0.4 is 14.8 Å². The van der Waals surface area contributed by atoms with E-state index >= 15 is 0 Å². The summed E-state index contributed by atoms with van der Waals surface area (Å²) in [5.74, 6) is 3.64. The van der Waals surface area contributed by atoms with Crippen molar-refractivity contribution in [2.75, 3.05) is 19.9 Å². The number of benzene rings is 1. The molecule has 2 aliphatic rings. The summed E-state index contributed by atoms with van der Waals surface area (Å²) in [6.07, 6.45) is 1.62. The Morgan fingerprint density at radius 2 is 1.97 bits per heavy atom. The van der Waals surface area contributed by atoms with Gasteiger partial charge in [0.2, 0.25) is 12.7 Å². The SMILES string of the molecule is CC(=O)N[C@@H](CC(C)C)c1nnc2n1CCN(Cc1cc3c(cc1Cl)OCO3)CC2. The standard InChI is InChI=1S/C21H28ClN5O3/c1-13(2)8-17(23-14(3)28)21-25-24-20-4-5-26(6-7-27(20)21)11-15-9-18-19(10-16(15)22)30-12-29-18/h9-10,13,17H,4-8,11-12H2,1-3H3,(H,23,28)/t17-/m0/s1. The summed E-state index contributed by atoms with van der Waals surface area (Å²) >= 11 is 6.47. The Kier molecular flexibility index (Phi) is 6.15. The smallest absolute Gasteiger partial charge is 0.231 e. The van der Waals surface area contributed by atoms with Crippen LogP contribution in [0.25, 0.3) is 0 Å². The third kappa shape index (κ3) is 4.54. The van der Waals surface area contributed by atoms with Gasteiger partial charge in [-0.2, -0.15) is 0 Å². The van der Waals surface area contributed by atoms with Crippen molar-refractivity contribution in [3.8, 4) is 11.5 Å². The number of carbonyl (C=O) groups is 1. The largest absolute Gasteiger partial charge is 0.454 e. The number of aromatic nitrogens is 3. The second kappa shape index (κ2) is 8.81. The van der Waals surface area contributed by atoms with Crippen molar-refractivity contribution >= 4 is 17.5 Å². The molecule has 162 valence electrons. The predicted molar refractivity (Wildman–Crippen MR) is 113 cm³/mol. The zero-order chi connectivity index (χ0) is 21.3. The number of carbonyl (C=O) groups excluding carboxylic acids is 1. The quantitative estimate of drug-likeness (QED) is 0.754. The topological polar surface area (TPSA) is 81.5 Å². The number of fused-ring (bicyclic) bond motifs is 2. The molecule has 2 aromatic rings. The summed E-state index contributed by atoms with van der Waals surface area (Å²) in [4.78, 5) is 14.1. The van der Waals surface area contributed by atoms with Gasteiger partial charge in [-0.1, -0.05) is 25.4 Å². The van der Waals surface area contributed by atoms with Crippen molar-refractivity contribution in [1.82, 2.24) is 25.0 Å². The first-order chi connectivity index (χ1) is 14.4. The number of amides is 1. The van der Waals surface area contributed by atoms with E-state index in [0.29, 0.717) is 16.7 Å².